The summed E-state index contributed by atoms with van der Waals surface area (Å²) < 4.78 is 0. The van der Waals surface area contributed by atoms with Crippen molar-refractivity contribution in [2.75, 3.05) is 6.54 Å². The summed E-state index contributed by atoms with van der Waals surface area (Å²) in [5.41, 5.74) is 4.30. The average molecular weight is 383 g/mol. The highest BCUT2D eigenvalue weighted by Gasteiger charge is 2.32. The number of benzene rings is 2. The van der Waals surface area contributed by atoms with E-state index in [2.05, 4.69) is 15.0 Å². The zero-order valence-corrected chi connectivity index (χ0v) is 16.2. The Kier molecular flexibility index (Phi) is 4.31. The van der Waals surface area contributed by atoms with Crippen LogP contribution in [0.2, 0.25) is 0 Å². The molecule has 5 rings (SSSR count). The molecule has 1 fully saturated rings. The first-order valence-electron chi connectivity index (χ1n) is 9.85. The van der Waals surface area contributed by atoms with Crippen LogP contribution in [0.15, 0.2) is 60.8 Å². The first-order valence-corrected chi connectivity index (χ1v) is 9.85. The van der Waals surface area contributed by atoms with Gasteiger partial charge in [-0.2, -0.15) is 0 Å². The van der Waals surface area contributed by atoms with Crippen molar-refractivity contribution in [3.05, 3.63) is 77.9 Å². The molecular formula is C23H21N5O. The van der Waals surface area contributed by atoms with E-state index in [1.807, 2.05) is 66.4 Å². The first-order chi connectivity index (χ1) is 14.2. The van der Waals surface area contributed by atoms with Crippen molar-refractivity contribution in [3.63, 3.8) is 0 Å². The maximum atomic E-state index is 13.3. The minimum atomic E-state index is -0.0350. The standard InChI is InChI=1S/C23H21N5O/c1-15-25-18-10-9-17(14-20(18)26-15)23(29)28-13-5-8-21(28)19-11-12-24-22(27-19)16-6-3-2-4-7-16/h2-4,6-7,9-12,14,21H,5,8,13H2,1H3,(H,25,26). The van der Waals surface area contributed by atoms with Crippen molar-refractivity contribution in [1.29, 1.82) is 0 Å². The summed E-state index contributed by atoms with van der Waals surface area (Å²) in [5, 5.41) is 0. The Morgan fingerprint density at radius 2 is 1.97 bits per heavy atom. The molecule has 0 bridgehead atoms. The molecule has 0 radical (unpaired) electrons. The molecule has 0 aliphatic carbocycles. The summed E-state index contributed by atoms with van der Waals surface area (Å²) in [7, 11) is 0. The summed E-state index contributed by atoms with van der Waals surface area (Å²) in [5.74, 6) is 1.57. The molecule has 1 saturated heterocycles. The minimum absolute atomic E-state index is 0.0292. The maximum absolute atomic E-state index is 13.3. The number of nitrogens with one attached hydrogen (secondary N) is 1. The molecule has 4 aromatic rings. The summed E-state index contributed by atoms with van der Waals surface area (Å²) >= 11 is 0. The smallest absolute Gasteiger partial charge is 0.254 e. The number of hydrogen-bond acceptors (Lipinski definition) is 4. The number of aromatic nitrogens is 4. The third kappa shape index (κ3) is 3.27. The third-order valence-corrected chi connectivity index (χ3v) is 5.41. The van der Waals surface area contributed by atoms with Crippen molar-refractivity contribution in [1.82, 2.24) is 24.8 Å². The predicted octanol–water partition coefficient (Wildman–Crippen LogP) is 4.31. The summed E-state index contributed by atoms with van der Waals surface area (Å²) in [6.07, 6.45) is 3.65. The van der Waals surface area contributed by atoms with Crippen LogP contribution in [0, 0.1) is 6.92 Å². The molecule has 29 heavy (non-hydrogen) atoms. The van der Waals surface area contributed by atoms with Gasteiger partial charge in [-0.25, -0.2) is 15.0 Å². The van der Waals surface area contributed by atoms with Gasteiger partial charge < -0.3 is 9.88 Å². The topological polar surface area (TPSA) is 74.8 Å². The molecular weight excluding hydrogens is 362 g/mol. The van der Waals surface area contributed by atoms with Crippen molar-refractivity contribution in [3.8, 4) is 11.4 Å². The largest absolute Gasteiger partial charge is 0.342 e. The molecule has 2 aromatic heterocycles. The van der Waals surface area contributed by atoms with Crippen LogP contribution in [0.4, 0.5) is 0 Å². The van der Waals surface area contributed by atoms with Crippen molar-refractivity contribution in [2.45, 2.75) is 25.8 Å². The van der Waals surface area contributed by atoms with Crippen LogP contribution in [0.5, 0.6) is 0 Å². The molecule has 1 aliphatic rings. The number of H-pyrrole nitrogens is 1. The highest BCUT2D eigenvalue weighted by molar-refractivity contribution is 5.97. The van der Waals surface area contributed by atoms with Gasteiger partial charge in [-0.3, -0.25) is 4.79 Å². The lowest BCUT2D eigenvalue weighted by atomic mass is 10.1. The molecule has 1 N–H and O–H groups in total. The molecule has 1 unspecified atom stereocenters. The maximum Gasteiger partial charge on any atom is 0.254 e. The predicted molar refractivity (Wildman–Crippen MR) is 111 cm³/mol. The van der Waals surface area contributed by atoms with Gasteiger partial charge in [-0.05, 0) is 44.0 Å². The SMILES string of the molecule is Cc1nc2ccc(C(=O)N3CCCC3c3ccnc(-c4ccccc4)n3)cc2[nH]1. The zero-order chi connectivity index (χ0) is 19.8. The molecule has 0 spiro atoms. The van der Waals surface area contributed by atoms with Gasteiger partial charge in [0.2, 0.25) is 0 Å². The Hall–Kier alpha value is -3.54. The molecule has 1 amide bonds. The number of aromatic amines is 1. The fourth-order valence-corrected chi connectivity index (χ4v) is 4.04. The number of likely N-dealkylation sites (tertiary alicyclic amines) is 1. The number of fused-ring (bicyclic) bond motifs is 1. The number of carbonyl (C=O) groups is 1. The highest BCUT2D eigenvalue weighted by atomic mass is 16.2. The van der Waals surface area contributed by atoms with Gasteiger partial charge in [-0.15, -0.1) is 0 Å². The van der Waals surface area contributed by atoms with Gasteiger partial charge in [0.15, 0.2) is 5.82 Å². The van der Waals surface area contributed by atoms with Crippen LogP contribution in [0.3, 0.4) is 0 Å². The highest BCUT2D eigenvalue weighted by Crippen LogP contribution is 2.33. The van der Waals surface area contributed by atoms with Crippen LogP contribution in [-0.2, 0) is 0 Å². The van der Waals surface area contributed by atoms with Gasteiger partial charge in [0.25, 0.3) is 5.91 Å². The number of nitrogens with zero attached hydrogens (tertiary/aromatic N) is 4. The molecule has 144 valence electrons. The summed E-state index contributed by atoms with van der Waals surface area (Å²) in [6.45, 7) is 2.64. The monoisotopic (exact) mass is 383 g/mol. The fraction of sp³-hybridized carbons (Fsp3) is 0.217. The number of hydrogen-bond donors (Lipinski definition) is 1. The van der Waals surface area contributed by atoms with E-state index in [0.717, 1.165) is 47.5 Å². The first kappa shape index (κ1) is 17.6. The summed E-state index contributed by atoms with van der Waals surface area (Å²) in [6, 6.07) is 17.5. The molecule has 1 aliphatic heterocycles. The van der Waals surface area contributed by atoms with Crippen LogP contribution < -0.4 is 0 Å². The molecule has 2 aromatic carbocycles. The molecule has 0 saturated carbocycles. The van der Waals surface area contributed by atoms with Gasteiger partial charge in [0.1, 0.15) is 5.82 Å². The third-order valence-electron chi connectivity index (χ3n) is 5.41. The Bertz CT molecular complexity index is 1180. The second-order valence-electron chi connectivity index (χ2n) is 7.38. The van der Waals surface area contributed by atoms with E-state index in [0.29, 0.717) is 11.4 Å². The second-order valence-corrected chi connectivity index (χ2v) is 7.38. The molecule has 6 nitrogen and oxygen atoms in total. The van der Waals surface area contributed by atoms with E-state index in [-0.39, 0.29) is 11.9 Å². The van der Waals surface area contributed by atoms with Gasteiger partial charge >= 0.3 is 0 Å². The molecule has 3 heterocycles. The van der Waals surface area contributed by atoms with Crippen molar-refractivity contribution < 1.29 is 4.79 Å². The fourth-order valence-electron chi connectivity index (χ4n) is 4.04. The lowest BCUT2D eigenvalue weighted by Crippen LogP contribution is -2.31. The van der Waals surface area contributed by atoms with E-state index in [1.54, 1.807) is 6.20 Å². The number of amides is 1. The van der Waals surface area contributed by atoms with Crippen LogP contribution in [-0.4, -0.2) is 37.3 Å². The number of carbonyl (C=O) groups excluding carboxylic acids is 1. The van der Waals surface area contributed by atoms with E-state index < -0.39 is 0 Å². The number of imidazole rings is 1. The quantitative estimate of drug-likeness (QED) is 0.572. The van der Waals surface area contributed by atoms with Gasteiger partial charge in [-0.1, -0.05) is 30.3 Å². The Balaban J connectivity index is 1.46. The van der Waals surface area contributed by atoms with E-state index in [4.69, 9.17) is 4.98 Å². The lowest BCUT2D eigenvalue weighted by Gasteiger charge is -2.24. The van der Waals surface area contributed by atoms with E-state index in [1.165, 1.54) is 0 Å². The normalized spacial score (nSPS) is 16.4. The van der Waals surface area contributed by atoms with Crippen LogP contribution >= 0.6 is 0 Å². The van der Waals surface area contributed by atoms with Crippen molar-refractivity contribution in [2.24, 2.45) is 0 Å². The van der Waals surface area contributed by atoms with Crippen LogP contribution in [0.1, 0.15) is 40.8 Å². The van der Waals surface area contributed by atoms with E-state index in [9.17, 15) is 4.79 Å². The van der Waals surface area contributed by atoms with Crippen molar-refractivity contribution >= 4 is 16.9 Å². The molecule has 1 atom stereocenters. The minimum Gasteiger partial charge on any atom is -0.342 e. The Labute approximate surface area is 168 Å². The Morgan fingerprint density at radius 1 is 1.10 bits per heavy atom. The lowest BCUT2D eigenvalue weighted by molar-refractivity contribution is 0.0733. The zero-order valence-electron chi connectivity index (χ0n) is 16.2. The van der Waals surface area contributed by atoms with Gasteiger partial charge in [0.05, 0.1) is 22.8 Å². The average Bonchev–Trinajstić information content (AvgIpc) is 3.39. The van der Waals surface area contributed by atoms with Crippen LogP contribution in [0.25, 0.3) is 22.4 Å². The summed E-state index contributed by atoms with van der Waals surface area (Å²) in [4.78, 5) is 32.0. The molecule has 6 heteroatoms. The second kappa shape index (κ2) is 7.13. The number of aryl methyl sites for hydroxylation is 1. The van der Waals surface area contributed by atoms with Gasteiger partial charge in [0, 0.05) is 23.9 Å². The number of rotatable bonds is 3. The van der Waals surface area contributed by atoms with E-state index >= 15 is 0 Å². The Morgan fingerprint density at radius 3 is 2.83 bits per heavy atom.